The highest BCUT2D eigenvalue weighted by molar-refractivity contribution is 5.76. The van der Waals surface area contributed by atoms with Crippen LogP contribution in [-0.2, 0) is 0 Å². The molecular formula is C28H22O8. The van der Waals surface area contributed by atoms with Crippen LogP contribution in [0.25, 0.3) is 12.2 Å². The summed E-state index contributed by atoms with van der Waals surface area (Å²) in [5, 5.41) is 70.0. The second kappa shape index (κ2) is 8.66. The van der Waals surface area contributed by atoms with E-state index < -0.39 is 12.0 Å². The monoisotopic (exact) mass is 486 g/mol. The van der Waals surface area contributed by atoms with E-state index in [4.69, 9.17) is 4.74 Å². The van der Waals surface area contributed by atoms with Crippen molar-refractivity contribution in [2.75, 3.05) is 0 Å². The van der Waals surface area contributed by atoms with Gasteiger partial charge in [-0.25, -0.2) is 0 Å². The molecule has 0 radical (unpaired) electrons. The summed E-state index contributed by atoms with van der Waals surface area (Å²) in [6.45, 7) is 0. The van der Waals surface area contributed by atoms with E-state index in [1.165, 1.54) is 54.6 Å². The SMILES string of the molecule is Oc1cc(O)cc([C@@H]2c3c(C=Cc4ccc(O)c(O)c4)cc(O)cc3O[C@H]2c2ccc(O)c(O)c2)c1. The zero-order chi connectivity index (χ0) is 25.6. The third-order valence-electron chi connectivity index (χ3n) is 6.09. The van der Waals surface area contributed by atoms with Crippen molar-refractivity contribution in [2.45, 2.75) is 12.0 Å². The second-order valence-electron chi connectivity index (χ2n) is 8.58. The summed E-state index contributed by atoms with van der Waals surface area (Å²) in [5.41, 5.74) is 2.84. The predicted octanol–water partition coefficient (Wildman–Crippen LogP) is 5.06. The fraction of sp³-hybridized carbons (Fsp3) is 0.0714. The molecule has 8 nitrogen and oxygen atoms in total. The molecule has 0 saturated heterocycles. The standard InChI is InChI=1S/C28H22O8/c29-18-9-17(10-19(30)12-18)27-26-15(3-1-14-2-5-21(32)23(34)7-14)8-20(31)13-25(26)36-28(27)16-4-6-22(33)24(35)11-16/h1-13,27-35H/t27-,28+/m1/s1. The van der Waals surface area contributed by atoms with Gasteiger partial charge in [0.2, 0.25) is 0 Å². The minimum absolute atomic E-state index is 0.0614. The molecule has 0 spiro atoms. The Kier molecular flexibility index (Phi) is 5.49. The minimum atomic E-state index is -0.737. The van der Waals surface area contributed by atoms with Gasteiger partial charge in [0.1, 0.15) is 29.1 Å². The van der Waals surface area contributed by atoms with Gasteiger partial charge in [-0.15, -0.1) is 0 Å². The molecule has 0 fully saturated rings. The molecule has 36 heavy (non-hydrogen) atoms. The third-order valence-corrected chi connectivity index (χ3v) is 6.09. The molecule has 4 aromatic carbocycles. The fourth-order valence-electron chi connectivity index (χ4n) is 4.50. The number of rotatable bonds is 4. The second-order valence-corrected chi connectivity index (χ2v) is 8.58. The largest absolute Gasteiger partial charge is 0.508 e. The highest BCUT2D eigenvalue weighted by Crippen LogP contribution is 2.53. The lowest BCUT2D eigenvalue weighted by Crippen LogP contribution is -2.12. The average Bonchev–Trinajstić information content (AvgIpc) is 3.20. The van der Waals surface area contributed by atoms with Crippen LogP contribution in [0.3, 0.4) is 0 Å². The molecule has 0 amide bonds. The van der Waals surface area contributed by atoms with Gasteiger partial charge in [0.05, 0.1) is 5.92 Å². The Balaban J connectivity index is 1.68. The molecule has 2 atom stereocenters. The Morgan fingerprint density at radius 1 is 0.556 bits per heavy atom. The van der Waals surface area contributed by atoms with Gasteiger partial charge < -0.3 is 40.5 Å². The number of phenols is 7. The summed E-state index contributed by atoms with van der Waals surface area (Å²) in [5.74, 6) is -1.75. The van der Waals surface area contributed by atoms with Gasteiger partial charge >= 0.3 is 0 Å². The first-order valence-corrected chi connectivity index (χ1v) is 11.0. The number of hydrogen-bond donors (Lipinski definition) is 7. The number of benzene rings is 4. The minimum Gasteiger partial charge on any atom is -0.508 e. The molecule has 0 aromatic heterocycles. The molecule has 0 bridgehead atoms. The van der Waals surface area contributed by atoms with Crippen LogP contribution in [0.15, 0.2) is 66.7 Å². The Hall–Kier alpha value is -4.98. The summed E-state index contributed by atoms with van der Waals surface area (Å²) < 4.78 is 6.22. The van der Waals surface area contributed by atoms with E-state index in [9.17, 15) is 35.7 Å². The maximum atomic E-state index is 10.4. The lowest BCUT2D eigenvalue weighted by atomic mass is 9.82. The van der Waals surface area contributed by atoms with Crippen molar-refractivity contribution in [3.05, 3.63) is 94.5 Å². The van der Waals surface area contributed by atoms with E-state index in [-0.39, 0.29) is 40.2 Å². The quantitative estimate of drug-likeness (QED) is 0.156. The van der Waals surface area contributed by atoms with Crippen LogP contribution in [-0.4, -0.2) is 35.7 Å². The first kappa shape index (κ1) is 22.8. The predicted molar refractivity (Wildman–Crippen MR) is 132 cm³/mol. The van der Waals surface area contributed by atoms with Gasteiger partial charge in [-0.3, -0.25) is 0 Å². The lowest BCUT2D eigenvalue weighted by Gasteiger charge is -2.21. The van der Waals surface area contributed by atoms with Crippen molar-refractivity contribution in [1.29, 1.82) is 0 Å². The van der Waals surface area contributed by atoms with Gasteiger partial charge in [-0.1, -0.05) is 24.3 Å². The first-order valence-electron chi connectivity index (χ1n) is 11.0. The summed E-state index contributed by atoms with van der Waals surface area (Å²) in [4.78, 5) is 0. The van der Waals surface area contributed by atoms with E-state index in [0.717, 1.165) is 0 Å². The summed E-state index contributed by atoms with van der Waals surface area (Å²) in [6.07, 6.45) is 2.66. The average molecular weight is 486 g/mol. The smallest absolute Gasteiger partial charge is 0.157 e. The number of fused-ring (bicyclic) bond motifs is 1. The summed E-state index contributed by atoms with van der Waals surface area (Å²) in [7, 11) is 0. The maximum Gasteiger partial charge on any atom is 0.157 e. The van der Waals surface area contributed by atoms with Gasteiger partial charge in [0.15, 0.2) is 23.0 Å². The van der Waals surface area contributed by atoms with E-state index in [1.807, 2.05) is 0 Å². The Labute approximate surface area is 205 Å². The number of ether oxygens (including phenoxy) is 1. The fourth-order valence-corrected chi connectivity index (χ4v) is 4.50. The number of phenolic OH excluding ortho intramolecular Hbond substituents is 7. The molecule has 0 unspecified atom stereocenters. The molecular weight excluding hydrogens is 464 g/mol. The third kappa shape index (κ3) is 4.16. The van der Waals surface area contributed by atoms with Crippen molar-refractivity contribution in [3.63, 3.8) is 0 Å². The van der Waals surface area contributed by atoms with Crippen LogP contribution >= 0.6 is 0 Å². The summed E-state index contributed by atoms with van der Waals surface area (Å²) >= 11 is 0. The zero-order valence-electron chi connectivity index (χ0n) is 18.7. The van der Waals surface area contributed by atoms with Crippen LogP contribution in [0.1, 0.15) is 39.8 Å². The van der Waals surface area contributed by atoms with Crippen molar-refractivity contribution in [3.8, 4) is 46.0 Å². The van der Waals surface area contributed by atoms with Crippen molar-refractivity contribution < 1.29 is 40.5 Å². The van der Waals surface area contributed by atoms with E-state index in [1.54, 1.807) is 24.3 Å². The molecule has 1 aliphatic heterocycles. The Bertz CT molecular complexity index is 1490. The molecule has 1 heterocycles. The molecule has 182 valence electrons. The van der Waals surface area contributed by atoms with Crippen LogP contribution in [0.4, 0.5) is 0 Å². The zero-order valence-corrected chi connectivity index (χ0v) is 18.7. The normalized spacial score (nSPS) is 16.7. The molecule has 0 saturated carbocycles. The number of hydrogen-bond acceptors (Lipinski definition) is 8. The van der Waals surface area contributed by atoms with Crippen LogP contribution in [0.5, 0.6) is 46.0 Å². The van der Waals surface area contributed by atoms with Crippen LogP contribution in [0.2, 0.25) is 0 Å². The van der Waals surface area contributed by atoms with Gasteiger partial charge in [-0.2, -0.15) is 0 Å². The highest BCUT2D eigenvalue weighted by Gasteiger charge is 2.39. The van der Waals surface area contributed by atoms with Crippen molar-refractivity contribution >= 4 is 12.2 Å². The van der Waals surface area contributed by atoms with Crippen molar-refractivity contribution in [1.82, 2.24) is 0 Å². The van der Waals surface area contributed by atoms with Gasteiger partial charge in [0, 0.05) is 17.7 Å². The van der Waals surface area contributed by atoms with Crippen LogP contribution < -0.4 is 4.74 Å². The molecule has 8 heteroatoms. The Morgan fingerprint density at radius 2 is 1.19 bits per heavy atom. The maximum absolute atomic E-state index is 10.4. The topological polar surface area (TPSA) is 151 Å². The van der Waals surface area contributed by atoms with E-state index in [0.29, 0.717) is 33.6 Å². The Morgan fingerprint density at radius 3 is 1.86 bits per heavy atom. The highest BCUT2D eigenvalue weighted by atomic mass is 16.5. The van der Waals surface area contributed by atoms with Gasteiger partial charge in [-0.05, 0) is 64.7 Å². The molecule has 0 aliphatic carbocycles. The molecule has 7 N–H and O–H groups in total. The molecule has 5 rings (SSSR count). The van der Waals surface area contributed by atoms with Crippen molar-refractivity contribution in [2.24, 2.45) is 0 Å². The van der Waals surface area contributed by atoms with Crippen LogP contribution in [0, 0.1) is 0 Å². The molecule has 1 aliphatic rings. The van der Waals surface area contributed by atoms with E-state index in [2.05, 4.69) is 0 Å². The van der Waals surface area contributed by atoms with Gasteiger partial charge in [0.25, 0.3) is 0 Å². The number of aromatic hydroxyl groups is 7. The first-order chi connectivity index (χ1) is 17.2. The molecule has 4 aromatic rings. The lowest BCUT2D eigenvalue weighted by molar-refractivity contribution is 0.221. The summed E-state index contributed by atoms with van der Waals surface area (Å²) in [6, 6.07) is 15.8. The van der Waals surface area contributed by atoms with E-state index >= 15 is 0 Å².